The summed E-state index contributed by atoms with van der Waals surface area (Å²) in [6.07, 6.45) is 4.34. The third-order valence-corrected chi connectivity index (χ3v) is 2.79. The van der Waals surface area contributed by atoms with Crippen LogP contribution >= 0.6 is 0 Å². The molecule has 3 nitrogen and oxygen atoms in total. The van der Waals surface area contributed by atoms with Crippen LogP contribution in [0.1, 0.15) is 38.7 Å². The van der Waals surface area contributed by atoms with Gasteiger partial charge in [-0.3, -0.25) is 0 Å². The van der Waals surface area contributed by atoms with Crippen molar-refractivity contribution in [1.82, 2.24) is 0 Å². The molecule has 0 heterocycles. The maximum absolute atomic E-state index is 5.80. The molecule has 102 valence electrons. The third-order valence-electron chi connectivity index (χ3n) is 2.79. The van der Waals surface area contributed by atoms with Crippen LogP contribution in [0, 0.1) is 0 Å². The molecule has 1 unspecified atom stereocenters. The minimum atomic E-state index is 0.158. The van der Waals surface area contributed by atoms with E-state index in [4.69, 9.17) is 15.2 Å². The minimum Gasteiger partial charge on any atom is -0.493 e. The number of methoxy groups -OCH3 is 1. The smallest absolute Gasteiger partial charge is 0.161 e. The molecule has 0 amide bonds. The molecule has 1 aromatic rings. The van der Waals surface area contributed by atoms with Crippen LogP contribution < -0.4 is 15.2 Å². The van der Waals surface area contributed by atoms with Gasteiger partial charge in [-0.1, -0.05) is 25.8 Å². The molecule has 1 aromatic carbocycles. The predicted molar refractivity (Wildman–Crippen MR) is 75.4 cm³/mol. The van der Waals surface area contributed by atoms with E-state index >= 15 is 0 Å². The summed E-state index contributed by atoms with van der Waals surface area (Å²) < 4.78 is 11.1. The van der Waals surface area contributed by atoms with Gasteiger partial charge in [-0.15, -0.1) is 0 Å². The van der Waals surface area contributed by atoms with Crippen molar-refractivity contribution in [3.63, 3.8) is 0 Å². The topological polar surface area (TPSA) is 44.5 Å². The van der Waals surface area contributed by atoms with Crippen molar-refractivity contribution in [3.8, 4) is 11.5 Å². The maximum Gasteiger partial charge on any atom is 0.161 e. The number of hydrogen-bond donors (Lipinski definition) is 1. The molecule has 3 heteroatoms. The summed E-state index contributed by atoms with van der Waals surface area (Å²) >= 11 is 0. The van der Waals surface area contributed by atoms with Crippen LogP contribution in [0.25, 0.3) is 0 Å². The molecule has 0 radical (unpaired) electrons. The number of unbranched alkanes of at least 4 members (excludes halogenated alkanes) is 2. The zero-order chi connectivity index (χ0) is 13.4. The van der Waals surface area contributed by atoms with E-state index in [1.165, 1.54) is 18.4 Å². The van der Waals surface area contributed by atoms with Gasteiger partial charge in [-0.25, -0.2) is 0 Å². The van der Waals surface area contributed by atoms with Crippen LogP contribution in [0.3, 0.4) is 0 Å². The van der Waals surface area contributed by atoms with Gasteiger partial charge in [0, 0.05) is 6.04 Å². The van der Waals surface area contributed by atoms with Crippen molar-refractivity contribution in [3.05, 3.63) is 23.8 Å². The lowest BCUT2D eigenvalue weighted by Gasteiger charge is -2.13. The second kappa shape index (κ2) is 7.98. The van der Waals surface area contributed by atoms with Gasteiger partial charge in [-0.2, -0.15) is 0 Å². The van der Waals surface area contributed by atoms with E-state index < -0.39 is 0 Å². The Morgan fingerprint density at radius 3 is 2.61 bits per heavy atom. The summed E-state index contributed by atoms with van der Waals surface area (Å²) in [5.41, 5.74) is 6.98. The Labute approximate surface area is 110 Å². The number of rotatable bonds is 8. The van der Waals surface area contributed by atoms with Crippen molar-refractivity contribution < 1.29 is 9.47 Å². The highest BCUT2D eigenvalue weighted by molar-refractivity contribution is 5.43. The van der Waals surface area contributed by atoms with E-state index in [0.717, 1.165) is 30.9 Å². The molecule has 0 bridgehead atoms. The van der Waals surface area contributed by atoms with Crippen molar-refractivity contribution in [1.29, 1.82) is 0 Å². The lowest BCUT2D eigenvalue weighted by atomic mass is 10.1. The number of nitrogens with two attached hydrogens (primary N) is 1. The van der Waals surface area contributed by atoms with Gasteiger partial charge in [0.1, 0.15) is 0 Å². The second-order valence-corrected chi connectivity index (χ2v) is 4.72. The number of hydrogen-bond acceptors (Lipinski definition) is 3. The van der Waals surface area contributed by atoms with E-state index in [2.05, 4.69) is 13.0 Å². The molecule has 0 fully saturated rings. The highest BCUT2D eigenvalue weighted by Crippen LogP contribution is 2.28. The summed E-state index contributed by atoms with van der Waals surface area (Å²) in [5, 5.41) is 0. The Morgan fingerprint density at radius 2 is 2.00 bits per heavy atom. The van der Waals surface area contributed by atoms with E-state index in [9.17, 15) is 0 Å². The van der Waals surface area contributed by atoms with E-state index in [1.54, 1.807) is 7.11 Å². The highest BCUT2D eigenvalue weighted by atomic mass is 16.5. The van der Waals surface area contributed by atoms with Gasteiger partial charge in [0.2, 0.25) is 0 Å². The predicted octanol–water partition coefficient (Wildman–Crippen LogP) is 3.15. The molecular weight excluding hydrogens is 226 g/mol. The fraction of sp³-hybridized carbons (Fsp3) is 0.600. The van der Waals surface area contributed by atoms with Gasteiger partial charge >= 0.3 is 0 Å². The fourth-order valence-corrected chi connectivity index (χ4v) is 1.86. The first kappa shape index (κ1) is 14.8. The molecule has 2 N–H and O–H groups in total. The summed E-state index contributed by atoms with van der Waals surface area (Å²) in [5.74, 6) is 1.62. The molecular formula is C15H25NO2. The Hall–Kier alpha value is -1.22. The highest BCUT2D eigenvalue weighted by Gasteiger charge is 2.06. The molecule has 0 aliphatic rings. The zero-order valence-electron chi connectivity index (χ0n) is 11.7. The Kier molecular flexibility index (Phi) is 6.58. The fourth-order valence-electron chi connectivity index (χ4n) is 1.86. The Balaban J connectivity index is 2.62. The molecule has 1 atom stereocenters. The standard InChI is InChI=1S/C15H25NO2/c1-4-5-6-9-18-14-8-7-13(10-12(2)16)11-15(14)17-3/h7-8,11-12H,4-6,9-10,16H2,1-3H3. The van der Waals surface area contributed by atoms with Gasteiger partial charge < -0.3 is 15.2 Å². The quantitative estimate of drug-likeness (QED) is 0.722. The largest absolute Gasteiger partial charge is 0.493 e. The van der Waals surface area contributed by atoms with Gasteiger partial charge in [-0.05, 0) is 37.5 Å². The van der Waals surface area contributed by atoms with Crippen molar-refractivity contribution in [2.75, 3.05) is 13.7 Å². The summed E-state index contributed by atoms with van der Waals surface area (Å²) in [6, 6.07) is 6.20. The Morgan fingerprint density at radius 1 is 1.22 bits per heavy atom. The molecule has 18 heavy (non-hydrogen) atoms. The van der Waals surface area contributed by atoms with Crippen LogP contribution in [-0.4, -0.2) is 19.8 Å². The SMILES string of the molecule is CCCCCOc1ccc(CC(C)N)cc1OC. The minimum absolute atomic E-state index is 0.158. The van der Waals surface area contributed by atoms with Crippen LogP contribution in [0.5, 0.6) is 11.5 Å². The Bertz CT molecular complexity index is 350. The van der Waals surface area contributed by atoms with Crippen LogP contribution in [0.4, 0.5) is 0 Å². The average Bonchev–Trinajstić information content (AvgIpc) is 2.35. The lowest BCUT2D eigenvalue weighted by molar-refractivity contribution is 0.286. The average molecular weight is 251 g/mol. The number of benzene rings is 1. The second-order valence-electron chi connectivity index (χ2n) is 4.72. The van der Waals surface area contributed by atoms with Crippen molar-refractivity contribution >= 4 is 0 Å². The van der Waals surface area contributed by atoms with Crippen molar-refractivity contribution in [2.45, 2.75) is 45.6 Å². The lowest BCUT2D eigenvalue weighted by Crippen LogP contribution is -2.17. The molecule has 1 rings (SSSR count). The summed E-state index contributed by atoms with van der Waals surface area (Å²) in [4.78, 5) is 0. The van der Waals surface area contributed by atoms with Gasteiger partial charge in [0.15, 0.2) is 11.5 Å². The molecule has 0 aliphatic carbocycles. The monoisotopic (exact) mass is 251 g/mol. The molecule has 0 saturated carbocycles. The third kappa shape index (κ3) is 4.96. The molecule has 0 aliphatic heterocycles. The maximum atomic E-state index is 5.80. The van der Waals surface area contributed by atoms with E-state index in [0.29, 0.717) is 0 Å². The molecule has 0 saturated heterocycles. The van der Waals surface area contributed by atoms with Gasteiger partial charge in [0.25, 0.3) is 0 Å². The van der Waals surface area contributed by atoms with Crippen molar-refractivity contribution in [2.24, 2.45) is 5.73 Å². The summed E-state index contributed by atoms with van der Waals surface area (Å²) in [6.45, 7) is 4.93. The number of ether oxygens (including phenoxy) is 2. The first-order valence-electron chi connectivity index (χ1n) is 6.72. The van der Waals surface area contributed by atoms with Crippen LogP contribution in [0.15, 0.2) is 18.2 Å². The first-order valence-corrected chi connectivity index (χ1v) is 6.72. The van der Waals surface area contributed by atoms with E-state index in [-0.39, 0.29) is 6.04 Å². The van der Waals surface area contributed by atoms with E-state index in [1.807, 2.05) is 19.1 Å². The van der Waals surface area contributed by atoms with Crippen LogP contribution in [0.2, 0.25) is 0 Å². The molecule has 0 spiro atoms. The normalized spacial score (nSPS) is 12.2. The molecule has 0 aromatic heterocycles. The first-order chi connectivity index (χ1) is 8.67. The summed E-state index contributed by atoms with van der Waals surface area (Å²) in [7, 11) is 1.67. The zero-order valence-corrected chi connectivity index (χ0v) is 11.7. The van der Waals surface area contributed by atoms with Gasteiger partial charge in [0.05, 0.1) is 13.7 Å². The van der Waals surface area contributed by atoms with Crippen LogP contribution in [-0.2, 0) is 6.42 Å².